The van der Waals surface area contributed by atoms with Crippen LogP contribution in [0, 0.1) is 11.8 Å². The lowest BCUT2D eigenvalue weighted by Gasteiger charge is -2.19. The Bertz CT molecular complexity index is 820. The minimum Gasteiger partial charge on any atom is -0.494 e. The van der Waals surface area contributed by atoms with Gasteiger partial charge in [-0.1, -0.05) is 23.2 Å². The third-order valence-corrected chi connectivity index (χ3v) is 5.83. The summed E-state index contributed by atoms with van der Waals surface area (Å²) in [5.74, 6) is 2.23. The fraction of sp³-hybridized carbons (Fsp3) is 0.429. The highest BCUT2D eigenvalue weighted by molar-refractivity contribution is 6.30. The summed E-state index contributed by atoms with van der Waals surface area (Å²) in [7, 11) is 0. The van der Waals surface area contributed by atoms with Gasteiger partial charge in [0.05, 0.1) is 11.6 Å². The molecule has 29 heavy (non-hydrogen) atoms. The van der Waals surface area contributed by atoms with Crippen LogP contribution in [0.3, 0.4) is 0 Å². The molecule has 2 aromatic rings. The molecule has 6 nitrogen and oxygen atoms in total. The maximum Gasteiger partial charge on any atom is 0.258 e. The zero-order valence-corrected chi connectivity index (χ0v) is 17.4. The number of piperidine rings is 1. The van der Waals surface area contributed by atoms with Gasteiger partial charge in [0, 0.05) is 43.0 Å². The smallest absolute Gasteiger partial charge is 0.258 e. The quantitative estimate of drug-likeness (QED) is 0.612. The molecule has 1 aromatic carbocycles. The third kappa shape index (κ3) is 5.53. The number of halogens is 2. The van der Waals surface area contributed by atoms with E-state index in [0.29, 0.717) is 34.4 Å². The van der Waals surface area contributed by atoms with E-state index >= 15 is 0 Å². The minimum absolute atomic E-state index is 0.0314. The highest BCUT2D eigenvalue weighted by Gasteiger charge is 2.56. The van der Waals surface area contributed by atoms with E-state index in [-0.39, 0.29) is 18.6 Å². The van der Waals surface area contributed by atoms with E-state index in [4.69, 9.17) is 32.7 Å². The maximum absolute atomic E-state index is 12.1. The van der Waals surface area contributed by atoms with Gasteiger partial charge >= 0.3 is 0 Å². The molecule has 1 saturated carbocycles. The van der Waals surface area contributed by atoms with Gasteiger partial charge < -0.3 is 19.7 Å². The van der Waals surface area contributed by atoms with Gasteiger partial charge in [-0.3, -0.25) is 4.79 Å². The summed E-state index contributed by atoms with van der Waals surface area (Å²) in [5.41, 5.74) is 0. The van der Waals surface area contributed by atoms with Crippen molar-refractivity contribution >= 4 is 29.1 Å². The topological polar surface area (TPSA) is 63.7 Å². The summed E-state index contributed by atoms with van der Waals surface area (Å²) in [4.78, 5) is 18.5. The first-order valence-corrected chi connectivity index (χ1v) is 10.5. The molecule has 0 radical (unpaired) electrons. The molecule has 1 aliphatic heterocycles. The molecule has 4 rings (SSSR count). The molecule has 8 heteroatoms. The molecule has 154 valence electrons. The number of hydrogen-bond acceptors (Lipinski definition) is 5. The van der Waals surface area contributed by atoms with Crippen molar-refractivity contribution in [2.45, 2.75) is 12.5 Å². The number of fused-ring (bicyclic) bond motifs is 1. The molecule has 3 atom stereocenters. The highest BCUT2D eigenvalue weighted by atomic mass is 35.5. The number of benzene rings is 1. The van der Waals surface area contributed by atoms with Crippen molar-refractivity contribution in [2.75, 3.05) is 32.8 Å². The van der Waals surface area contributed by atoms with Crippen LogP contribution in [-0.4, -0.2) is 54.7 Å². The number of likely N-dealkylation sites (tertiary alicyclic amines) is 1. The molecule has 0 bridgehead atoms. The van der Waals surface area contributed by atoms with Gasteiger partial charge in [0.1, 0.15) is 5.75 Å². The molecule has 2 fully saturated rings. The van der Waals surface area contributed by atoms with Crippen molar-refractivity contribution in [1.29, 1.82) is 0 Å². The van der Waals surface area contributed by atoms with E-state index in [0.717, 1.165) is 31.8 Å². The molecule has 2 heterocycles. The largest absolute Gasteiger partial charge is 0.494 e. The lowest BCUT2D eigenvalue weighted by molar-refractivity contribution is -0.123. The number of aromatic nitrogens is 1. The standard InChI is InChI=1S/C21H23Cl2N3O3/c22-14-2-5-16(6-3-14)28-9-1-8-26-11-17-18(12-26)21(17)25-19(27)13-29-20-7-4-15(23)10-24-20/h2-7,10,17-18,21H,1,8-9,11-13H2,(H,25,27)/t17-,18+,21-. The predicted octanol–water partition coefficient (Wildman–Crippen LogP) is 3.28. The average Bonchev–Trinajstić information content (AvgIpc) is 3.15. The van der Waals surface area contributed by atoms with Crippen LogP contribution in [0.15, 0.2) is 42.6 Å². The maximum atomic E-state index is 12.1. The Morgan fingerprint density at radius 1 is 1.07 bits per heavy atom. The molecule has 1 N–H and O–H groups in total. The van der Waals surface area contributed by atoms with E-state index in [1.165, 1.54) is 6.20 Å². The van der Waals surface area contributed by atoms with Crippen molar-refractivity contribution in [3.8, 4) is 11.6 Å². The summed E-state index contributed by atoms with van der Waals surface area (Å²) in [6.07, 6.45) is 2.47. The lowest BCUT2D eigenvalue weighted by Crippen LogP contribution is -2.37. The average molecular weight is 436 g/mol. The van der Waals surface area contributed by atoms with Crippen LogP contribution in [0.4, 0.5) is 0 Å². The van der Waals surface area contributed by atoms with E-state index in [2.05, 4.69) is 15.2 Å². The SMILES string of the molecule is O=C(COc1ccc(Cl)cn1)N[C@@H]1[C@@H]2CN(CCCOc3ccc(Cl)cc3)C[C@@H]21. The first-order chi connectivity index (χ1) is 14.1. The molecule has 0 unspecified atom stereocenters. The fourth-order valence-corrected chi connectivity index (χ4v) is 4.07. The van der Waals surface area contributed by atoms with E-state index < -0.39 is 0 Å². The lowest BCUT2D eigenvalue weighted by atomic mass is 10.3. The molecule has 1 saturated heterocycles. The van der Waals surface area contributed by atoms with Gasteiger partial charge in [-0.05, 0) is 48.6 Å². The van der Waals surface area contributed by atoms with Crippen LogP contribution in [-0.2, 0) is 4.79 Å². The summed E-state index contributed by atoms with van der Waals surface area (Å²) in [6, 6.07) is 11.0. The van der Waals surface area contributed by atoms with Crippen molar-refractivity contribution in [3.05, 3.63) is 52.6 Å². The molecular weight excluding hydrogens is 413 g/mol. The van der Waals surface area contributed by atoms with E-state index in [9.17, 15) is 4.79 Å². The zero-order chi connectivity index (χ0) is 20.2. The Labute approximate surface area is 180 Å². The number of rotatable bonds is 9. The van der Waals surface area contributed by atoms with Crippen molar-refractivity contribution in [2.24, 2.45) is 11.8 Å². The Morgan fingerprint density at radius 3 is 2.48 bits per heavy atom. The van der Waals surface area contributed by atoms with Gasteiger partial charge in [-0.2, -0.15) is 0 Å². The Kier molecular flexibility index (Phi) is 6.43. The van der Waals surface area contributed by atoms with Crippen LogP contribution in [0.5, 0.6) is 11.6 Å². The van der Waals surface area contributed by atoms with Crippen LogP contribution >= 0.6 is 23.2 Å². The second kappa shape index (κ2) is 9.20. The fourth-order valence-electron chi connectivity index (χ4n) is 3.83. The van der Waals surface area contributed by atoms with Crippen molar-refractivity contribution in [3.63, 3.8) is 0 Å². The summed E-state index contributed by atoms with van der Waals surface area (Å²) < 4.78 is 11.1. The predicted molar refractivity (Wildman–Crippen MR) is 112 cm³/mol. The van der Waals surface area contributed by atoms with Crippen molar-refractivity contribution in [1.82, 2.24) is 15.2 Å². The number of nitrogens with zero attached hydrogens (tertiary/aromatic N) is 2. The normalized spacial score (nSPS) is 22.8. The number of pyridine rings is 1. The van der Waals surface area contributed by atoms with Crippen LogP contribution in [0.2, 0.25) is 10.0 Å². The Hall–Kier alpha value is -2.02. The van der Waals surface area contributed by atoms with Crippen molar-refractivity contribution < 1.29 is 14.3 Å². The number of hydrogen-bond donors (Lipinski definition) is 1. The van der Waals surface area contributed by atoms with Gasteiger partial charge in [0.15, 0.2) is 6.61 Å². The Balaban J connectivity index is 1.08. The van der Waals surface area contributed by atoms with Gasteiger partial charge in [-0.15, -0.1) is 0 Å². The van der Waals surface area contributed by atoms with Crippen LogP contribution in [0.25, 0.3) is 0 Å². The molecule has 2 aliphatic rings. The van der Waals surface area contributed by atoms with Crippen LogP contribution in [0.1, 0.15) is 6.42 Å². The number of nitrogens with one attached hydrogen (secondary N) is 1. The van der Waals surface area contributed by atoms with Gasteiger partial charge in [0.25, 0.3) is 5.91 Å². The monoisotopic (exact) mass is 435 g/mol. The number of carbonyl (C=O) groups is 1. The van der Waals surface area contributed by atoms with E-state index in [1.807, 2.05) is 24.3 Å². The molecule has 1 aromatic heterocycles. The molecule has 1 amide bonds. The molecular formula is C21H23Cl2N3O3. The first-order valence-electron chi connectivity index (χ1n) is 9.73. The second-order valence-corrected chi connectivity index (χ2v) is 8.31. The highest BCUT2D eigenvalue weighted by Crippen LogP contribution is 2.45. The zero-order valence-electron chi connectivity index (χ0n) is 15.9. The first kappa shape index (κ1) is 20.3. The summed E-state index contributed by atoms with van der Waals surface area (Å²) >= 11 is 11.6. The molecule has 1 aliphatic carbocycles. The number of carbonyl (C=O) groups excluding carboxylic acids is 1. The van der Waals surface area contributed by atoms with E-state index in [1.54, 1.807) is 12.1 Å². The second-order valence-electron chi connectivity index (χ2n) is 7.44. The Morgan fingerprint density at radius 2 is 1.79 bits per heavy atom. The number of ether oxygens (including phenoxy) is 2. The van der Waals surface area contributed by atoms with Crippen LogP contribution < -0.4 is 14.8 Å². The summed E-state index contributed by atoms with van der Waals surface area (Å²) in [6.45, 7) is 3.71. The molecule has 0 spiro atoms. The van der Waals surface area contributed by atoms with Gasteiger partial charge in [-0.25, -0.2) is 4.98 Å². The summed E-state index contributed by atoms with van der Waals surface area (Å²) in [5, 5.41) is 4.32. The number of amides is 1. The van der Waals surface area contributed by atoms with Gasteiger partial charge in [0.2, 0.25) is 5.88 Å². The third-order valence-electron chi connectivity index (χ3n) is 5.35. The minimum atomic E-state index is -0.107.